The Bertz CT molecular complexity index is 760. The molecular formula is C17H14F5NO3. The number of hydrogen-bond acceptors (Lipinski definition) is 3. The third-order valence-corrected chi connectivity index (χ3v) is 3.37. The smallest absolute Gasteiger partial charge is 0.416 e. The monoisotopic (exact) mass is 375 g/mol. The second-order valence-corrected chi connectivity index (χ2v) is 5.12. The summed E-state index contributed by atoms with van der Waals surface area (Å²) in [5.74, 6) is -0.697. The fraction of sp³-hybridized carbons (Fsp3) is 0.235. The predicted octanol–water partition coefficient (Wildman–Crippen LogP) is 4.25. The van der Waals surface area contributed by atoms with Crippen molar-refractivity contribution in [1.29, 1.82) is 0 Å². The van der Waals surface area contributed by atoms with Gasteiger partial charge >= 0.3 is 12.8 Å². The van der Waals surface area contributed by atoms with Crippen molar-refractivity contribution in [3.63, 3.8) is 0 Å². The van der Waals surface area contributed by atoms with Crippen LogP contribution in [0.15, 0.2) is 42.5 Å². The highest BCUT2D eigenvalue weighted by Crippen LogP contribution is 2.30. The van der Waals surface area contributed by atoms with Gasteiger partial charge in [0.1, 0.15) is 0 Å². The topological polar surface area (TPSA) is 47.6 Å². The molecule has 0 radical (unpaired) electrons. The molecule has 0 fully saturated rings. The van der Waals surface area contributed by atoms with E-state index in [-0.39, 0.29) is 23.6 Å². The van der Waals surface area contributed by atoms with E-state index in [1.165, 1.54) is 25.3 Å². The number of hydrogen-bond donors (Lipinski definition) is 1. The first-order valence-corrected chi connectivity index (χ1v) is 7.28. The summed E-state index contributed by atoms with van der Waals surface area (Å²) in [6.45, 7) is -3.08. The molecule has 0 heterocycles. The summed E-state index contributed by atoms with van der Waals surface area (Å²) >= 11 is 0. The summed E-state index contributed by atoms with van der Waals surface area (Å²) in [6.07, 6.45) is -4.49. The Morgan fingerprint density at radius 1 is 1.08 bits per heavy atom. The quantitative estimate of drug-likeness (QED) is 0.768. The summed E-state index contributed by atoms with van der Waals surface area (Å²) in [4.78, 5) is 12.0. The van der Waals surface area contributed by atoms with Gasteiger partial charge in [-0.15, -0.1) is 0 Å². The van der Waals surface area contributed by atoms with Crippen LogP contribution in [-0.4, -0.2) is 19.6 Å². The summed E-state index contributed by atoms with van der Waals surface area (Å²) in [5.41, 5.74) is -0.379. The lowest BCUT2D eigenvalue weighted by Crippen LogP contribution is -2.23. The lowest BCUT2D eigenvalue weighted by atomic mass is 10.1. The molecule has 140 valence electrons. The van der Waals surface area contributed by atoms with Gasteiger partial charge in [0.15, 0.2) is 11.5 Å². The van der Waals surface area contributed by atoms with Gasteiger partial charge in [0, 0.05) is 12.1 Å². The highest BCUT2D eigenvalue weighted by molar-refractivity contribution is 5.94. The number of nitrogens with one attached hydrogen (secondary N) is 1. The number of methoxy groups -OCH3 is 1. The molecule has 1 amide bonds. The maximum atomic E-state index is 12.5. The molecule has 0 spiro atoms. The highest BCUT2D eigenvalue weighted by Gasteiger charge is 2.30. The van der Waals surface area contributed by atoms with Gasteiger partial charge in [0.25, 0.3) is 5.91 Å². The number of ether oxygens (including phenoxy) is 2. The molecular weight excluding hydrogens is 361 g/mol. The number of rotatable bonds is 6. The molecule has 0 aliphatic rings. The predicted molar refractivity (Wildman–Crippen MR) is 82.2 cm³/mol. The fourth-order valence-electron chi connectivity index (χ4n) is 2.11. The van der Waals surface area contributed by atoms with E-state index in [1.807, 2.05) is 0 Å². The first-order chi connectivity index (χ1) is 12.2. The van der Waals surface area contributed by atoms with Crippen molar-refractivity contribution in [3.05, 3.63) is 59.2 Å². The molecule has 0 atom stereocenters. The fourth-order valence-corrected chi connectivity index (χ4v) is 2.11. The zero-order valence-corrected chi connectivity index (χ0v) is 13.4. The van der Waals surface area contributed by atoms with Crippen molar-refractivity contribution in [2.75, 3.05) is 7.11 Å². The largest absolute Gasteiger partial charge is 0.493 e. The molecule has 2 aromatic carbocycles. The molecule has 9 heteroatoms. The Hall–Kier alpha value is -2.84. The van der Waals surface area contributed by atoms with Crippen LogP contribution in [0.1, 0.15) is 21.5 Å². The van der Waals surface area contributed by atoms with Gasteiger partial charge in [0.05, 0.1) is 12.7 Å². The molecule has 26 heavy (non-hydrogen) atoms. The molecule has 0 saturated heterocycles. The van der Waals surface area contributed by atoms with Gasteiger partial charge in [-0.25, -0.2) is 0 Å². The van der Waals surface area contributed by atoms with Crippen molar-refractivity contribution in [3.8, 4) is 11.5 Å². The molecule has 2 aromatic rings. The van der Waals surface area contributed by atoms with Gasteiger partial charge in [-0.05, 0) is 42.0 Å². The maximum absolute atomic E-state index is 12.5. The van der Waals surface area contributed by atoms with Crippen molar-refractivity contribution in [2.24, 2.45) is 0 Å². The number of carbonyl (C=O) groups excluding carboxylic acids is 1. The zero-order valence-electron chi connectivity index (χ0n) is 13.4. The van der Waals surface area contributed by atoms with Crippen molar-refractivity contribution in [2.45, 2.75) is 19.3 Å². The second kappa shape index (κ2) is 8.03. The molecule has 0 aliphatic carbocycles. The van der Waals surface area contributed by atoms with E-state index in [4.69, 9.17) is 4.74 Å². The average molecular weight is 375 g/mol. The third-order valence-electron chi connectivity index (χ3n) is 3.37. The molecule has 0 bridgehead atoms. The molecule has 1 N–H and O–H groups in total. The van der Waals surface area contributed by atoms with E-state index in [9.17, 15) is 26.7 Å². The van der Waals surface area contributed by atoms with Crippen molar-refractivity contribution < 1.29 is 36.2 Å². The summed E-state index contributed by atoms with van der Waals surface area (Å²) in [6, 6.07) is 7.92. The average Bonchev–Trinajstić information content (AvgIpc) is 2.58. The third kappa shape index (κ3) is 5.08. The number of halogens is 5. The Morgan fingerprint density at radius 3 is 2.27 bits per heavy atom. The molecule has 0 aliphatic heterocycles. The van der Waals surface area contributed by atoms with Crippen LogP contribution in [0.5, 0.6) is 11.5 Å². The Morgan fingerprint density at radius 2 is 1.73 bits per heavy atom. The number of carbonyl (C=O) groups is 1. The van der Waals surface area contributed by atoms with Gasteiger partial charge in [-0.2, -0.15) is 22.0 Å². The van der Waals surface area contributed by atoms with E-state index in [1.54, 1.807) is 0 Å². The number of alkyl halides is 5. The van der Waals surface area contributed by atoms with Crippen LogP contribution in [0.2, 0.25) is 0 Å². The van der Waals surface area contributed by atoms with Gasteiger partial charge in [-0.3, -0.25) is 4.79 Å². The van der Waals surface area contributed by atoms with Crippen molar-refractivity contribution in [1.82, 2.24) is 5.32 Å². The Balaban J connectivity index is 2.05. The Labute approximate surface area is 145 Å². The standard InChI is InChI=1S/C17H14F5NO3/c1-25-13-7-2-10(8-14(13)26-16(18)19)9-23-15(24)11-3-5-12(6-4-11)17(20,21)22/h2-8,16H,9H2,1H3,(H,23,24). The SMILES string of the molecule is COc1ccc(CNC(=O)c2ccc(C(F)(F)F)cc2)cc1OC(F)F. The van der Waals surface area contributed by atoms with Gasteiger partial charge < -0.3 is 14.8 Å². The summed E-state index contributed by atoms with van der Waals surface area (Å²) < 4.78 is 71.5. The van der Waals surface area contributed by atoms with Crippen LogP contribution in [0.25, 0.3) is 0 Å². The Kier molecular flexibility index (Phi) is 6.01. The molecule has 0 aromatic heterocycles. The van der Waals surface area contributed by atoms with Crippen LogP contribution in [0.3, 0.4) is 0 Å². The van der Waals surface area contributed by atoms with E-state index in [2.05, 4.69) is 10.1 Å². The zero-order chi connectivity index (χ0) is 19.3. The maximum Gasteiger partial charge on any atom is 0.416 e. The highest BCUT2D eigenvalue weighted by atomic mass is 19.4. The van der Waals surface area contributed by atoms with Gasteiger partial charge in [0.2, 0.25) is 0 Å². The summed E-state index contributed by atoms with van der Waals surface area (Å²) in [7, 11) is 1.29. The normalized spacial score (nSPS) is 11.3. The van der Waals surface area contributed by atoms with Crippen LogP contribution >= 0.6 is 0 Å². The van der Waals surface area contributed by atoms with Crippen molar-refractivity contribution >= 4 is 5.91 Å². The number of amides is 1. The minimum Gasteiger partial charge on any atom is -0.493 e. The minimum absolute atomic E-state index is 0.0376. The van der Waals surface area contributed by atoms with E-state index < -0.39 is 24.3 Å². The minimum atomic E-state index is -4.49. The second-order valence-electron chi connectivity index (χ2n) is 5.12. The molecule has 4 nitrogen and oxygen atoms in total. The van der Waals surface area contributed by atoms with Crippen LogP contribution < -0.4 is 14.8 Å². The lowest BCUT2D eigenvalue weighted by molar-refractivity contribution is -0.137. The van der Waals surface area contributed by atoms with E-state index >= 15 is 0 Å². The van der Waals surface area contributed by atoms with Crippen LogP contribution in [0.4, 0.5) is 22.0 Å². The molecule has 0 saturated carbocycles. The lowest BCUT2D eigenvalue weighted by Gasteiger charge is -2.12. The van der Waals surface area contributed by atoms with Gasteiger partial charge in [-0.1, -0.05) is 6.07 Å². The van der Waals surface area contributed by atoms with Crippen LogP contribution in [0, 0.1) is 0 Å². The summed E-state index contributed by atoms with van der Waals surface area (Å²) in [5, 5.41) is 2.49. The first kappa shape index (κ1) is 19.5. The first-order valence-electron chi connectivity index (χ1n) is 7.28. The van der Waals surface area contributed by atoms with E-state index in [0.717, 1.165) is 24.3 Å². The number of benzene rings is 2. The van der Waals surface area contributed by atoms with Crippen LogP contribution in [-0.2, 0) is 12.7 Å². The molecule has 2 rings (SSSR count). The molecule has 0 unspecified atom stereocenters. The van der Waals surface area contributed by atoms with E-state index in [0.29, 0.717) is 5.56 Å².